The fourth-order valence-corrected chi connectivity index (χ4v) is 2.70. The number of nitrogens with one attached hydrogen (secondary N) is 1. The van der Waals surface area contributed by atoms with Crippen LogP contribution >= 0.6 is 0 Å². The molecule has 1 unspecified atom stereocenters. The number of hydrogen-bond acceptors (Lipinski definition) is 5. The minimum absolute atomic E-state index is 0.174. The summed E-state index contributed by atoms with van der Waals surface area (Å²) in [5, 5.41) is 12.5. The second-order valence-electron chi connectivity index (χ2n) is 6.94. The van der Waals surface area contributed by atoms with Crippen molar-refractivity contribution in [3.63, 3.8) is 0 Å². The molecule has 0 aliphatic carbocycles. The normalized spacial score (nSPS) is 18.2. The monoisotopic (exact) mass is 321 g/mol. The van der Waals surface area contributed by atoms with E-state index in [2.05, 4.69) is 10.3 Å². The molecule has 6 heteroatoms. The summed E-state index contributed by atoms with van der Waals surface area (Å²) >= 11 is 0. The number of rotatable bonds is 5. The van der Waals surface area contributed by atoms with Gasteiger partial charge in [-0.15, -0.1) is 0 Å². The van der Waals surface area contributed by atoms with Gasteiger partial charge in [-0.2, -0.15) is 0 Å². The van der Waals surface area contributed by atoms with Crippen LogP contribution in [0.1, 0.15) is 45.7 Å². The topological polar surface area (TPSA) is 74.7 Å². The Morgan fingerprint density at radius 3 is 2.91 bits per heavy atom. The van der Waals surface area contributed by atoms with Crippen LogP contribution in [0.15, 0.2) is 18.3 Å². The molecule has 2 rings (SSSR count). The van der Waals surface area contributed by atoms with E-state index in [0.717, 1.165) is 38.0 Å². The van der Waals surface area contributed by atoms with Gasteiger partial charge in [-0.05, 0) is 58.7 Å². The van der Waals surface area contributed by atoms with Gasteiger partial charge in [0.1, 0.15) is 11.4 Å². The van der Waals surface area contributed by atoms with E-state index in [1.165, 1.54) is 6.20 Å². The van der Waals surface area contributed by atoms with Crippen LogP contribution in [0.4, 0.5) is 4.79 Å². The Bertz CT molecular complexity index is 511. The summed E-state index contributed by atoms with van der Waals surface area (Å²) in [7, 11) is 0. The number of nitrogens with zero attached hydrogens (tertiary/aromatic N) is 2. The van der Waals surface area contributed by atoms with Crippen molar-refractivity contribution in [1.82, 2.24) is 15.2 Å². The maximum Gasteiger partial charge on any atom is 0.410 e. The molecular formula is C17H27N3O3. The first kappa shape index (κ1) is 17.5. The van der Waals surface area contributed by atoms with E-state index < -0.39 is 5.60 Å². The molecular weight excluding hydrogens is 294 g/mol. The smallest absolute Gasteiger partial charge is 0.410 e. The zero-order valence-electron chi connectivity index (χ0n) is 14.2. The lowest BCUT2D eigenvalue weighted by atomic mass is 10.1. The van der Waals surface area contributed by atoms with Gasteiger partial charge < -0.3 is 20.1 Å². The number of hydrogen-bond donors (Lipinski definition) is 2. The molecule has 0 saturated carbocycles. The third-order valence-electron chi connectivity index (χ3n) is 3.77. The minimum Gasteiger partial charge on any atom is -0.506 e. The van der Waals surface area contributed by atoms with Crippen LogP contribution in [0.25, 0.3) is 0 Å². The van der Waals surface area contributed by atoms with Gasteiger partial charge in [0.05, 0.1) is 11.9 Å². The number of aromatic hydroxyl groups is 1. The lowest BCUT2D eigenvalue weighted by Crippen LogP contribution is -2.40. The van der Waals surface area contributed by atoms with Gasteiger partial charge in [0.15, 0.2) is 0 Å². The predicted molar refractivity (Wildman–Crippen MR) is 88.2 cm³/mol. The second-order valence-corrected chi connectivity index (χ2v) is 6.94. The molecule has 1 fully saturated rings. The number of ether oxygens (including phenoxy) is 1. The summed E-state index contributed by atoms with van der Waals surface area (Å²) in [6, 6.07) is 3.67. The maximum absolute atomic E-state index is 12.2. The van der Waals surface area contributed by atoms with Crippen molar-refractivity contribution in [2.24, 2.45) is 0 Å². The fraction of sp³-hybridized carbons (Fsp3) is 0.647. The first-order valence-electron chi connectivity index (χ1n) is 8.19. The molecule has 0 radical (unpaired) electrons. The number of likely N-dealkylation sites (tertiary alicyclic amines) is 1. The summed E-state index contributed by atoms with van der Waals surface area (Å²) in [5.41, 5.74) is 0.436. The molecule has 0 bridgehead atoms. The maximum atomic E-state index is 12.2. The van der Waals surface area contributed by atoms with Gasteiger partial charge in [-0.3, -0.25) is 4.98 Å². The van der Waals surface area contributed by atoms with E-state index in [0.29, 0.717) is 6.54 Å². The molecule has 1 aromatic heterocycles. The van der Waals surface area contributed by atoms with E-state index in [9.17, 15) is 9.90 Å². The summed E-state index contributed by atoms with van der Waals surface area (Å²) in [5.74, 6) is 0.174. The standard InChI is InChI=1S/C17H27N3O3/c1-17(2,3)23-16(22)20-10-4-5-14(20)8-9-18-11-13-6-7-15(21)12-19-13/h6-7,12,14,18,21H,4-5,8-11H2,1-3H3. The van der Waals surface area contributed by atoms with Crippen molar-refractivity contribution in [2.45, 2.75) is 58.2 Å². The molecule has 6 nitrogen and oxygen atoms in total. The van der Waals surface area contributed by atoms with Crippen LogP contribution in [-0.2, 0) is 11.3 Å². The summed E-state index contributed by atoms with van der Waals surface area (Å²) in [4.78, 5) is 18.2. The highest BCUT2D eigenvalue weighted by Gasteiger charge is 2.31. The number of carbonyl (C=O) groups excluding carboxylic acids is 1. The lowest BCUT2D eigenvalue weighted by molar-refractivity contribution is 0.0220. The molecule has 128 valence electrons. The van der Waals surface area contributed by atoms with Crippen molar-refractivity contribution in [3.8, 4) is 5.75 Å². The fourth-order valence-electron chi connectivity index (χ4n) is 2.70. The van der Waals surface area contributed by atoms with Crippen molar-refractivity contribution < 1.29 is 14.6 Å². The van der Waals surface area contributed by atoms with Crippen LogP contribution in [0.2, 0.25) is 0 Å². The molecule has 1 saturated heterocycles. The molecule has 1 aliphatic rings. The van der Waals surface area contributed by atoms with Gasteiger partial charge in [-0.1, -0.05) is 0 Å². The third-order valence-corrected chi connectivity index (χ3v) is 3.77. The van der Waals surface area contributed by atoms with Crippen molar-refractivity contribution in [1.29, 1.82) is 0 Å². The molecule has 1 atom stereocenters. The minimum atomic E-state index is -0.451. The van der Waals surface area contributed by atoms with Crippen LogP contribution in [0.3, 0.4) is 0 Å². The van der Waals surface area contributed by atoms with E-state index in [4.69, 9.17) is 4.74 Å². The molecule has 1 aliphatic heterocycles. The lowest BCUT2D eigenvalue weighted by Gasteiger charge is -2.28. The molecule has 0 aromatic carbocycles. The van der Waals surface area contributed by atoms with E-state index in [-0.39, 0.29) is 17.9 Å². The van der Waals surface area contributed by atoms with Gasteiger partial charge in [0.2, 0.25) is 0 Å². The molecule has 23 heavy (non-hydrogen) atoms. The quantitative estimate of drug-likeness (QED) is 0.816. The first-order chi connectivity index (χ1) is 10.8. The molecule has 2 N–H and O–H groups in total. The van der Waals surface area contributed by atoms with Crippen molar-refractivity contribution in [3.05, 3.63) is 24.0 Å². The van der Waals surface area contributed by atoms with E-state index in [1.54, 1.807) is 12.1 Å². The Labute approximate surface area is 137 Å². The SMILES string of the molecule is CC(C)(C)OC(=O)N1CCCC1CCNCc1ccc(O)cn1. The average Bonchev–Trinajstić information content (AvgIpc) is 2.92. The van der Waals surface area contributed by atoms with Gasteiger partial charge in [0, 0.05) is 19.1 Å². The molecule has 0 spiro atoms. The average molecular weight is 321 g/mol. The third kappa shape index (κ3) is 5.71. The molecule has 1 amide bonds. The number of carbonyl (C=O) groups is 1. The van der Waals surface area contributed by atoms with E-state index >= 15 is 0 Å². The predicted octanol–water partition coefficient (Wildman–Crippen LogP) is 2.67. The van der Waals surface area contributed by atoms with Gasteiger partial charge >= 0.3 is 6.09 Å². The van der Waals surface area contributed by atoms with Gasteiger partial charge in [-0.25, -0.2) is 4.79 Å². The van der Waals surface area contributed by atoms with Crippen LogP contribution < -0.4 is 5.32 Å². The van der Waals surface area contributed by atoms with Crippen LogP contribution in [-0.4, -0.2) is 45.8 Å². The number of aromatic nitrogens is 1. The van der Waals surface area contributed by atoms with Crippen LogP contribution in [0, 0.1) is 0 Å². The highest BCUT2D eigenvalue weighted by atomic mass is 16.6. The highest BCUT2D eigenvalue weighted by Crippen LogP contribution is 2.22. The zero-order chi connectivity index (χ0) is 16.9. The molecule has 2 heterocycles. The zero-order valence-corrected chi connectivity index (χ0v) is 14.2. The Hall–Kier alpha value is -1.82. The largest absolute Gasteiger partial charge is 0.506 e. The summed E-state index contributed by atoms with van der Waals surface area (Å²) in [6.45, 7) is 7.91. The van der Waals surface area contributed by atoms with Gasteiger partial charge in [0.25, 0.3) is 0 Å². The van der Waals surface area contributed by atoms with Crippen LogP contribution in [0.5, 0.6) is 5.75 Å². The first-order valence-corrected chi connectivity index (χ1v) is 8.19. The Morgan fingerprint density at radius 1 is 1.48 bits per heavy atom. The summed E-state index contributed by atoms with van der Waals surface area (Å²) < 4.78 is 5.47. The summed E-state index contributed by atoms with van der Waals surface area (Å²) in [6.07, 6.45) is 4.19. The number of pyridine rings is 1. The van der Waals surface area contributed by atoms with Crippen molar-refractivity contribution in [2.75, 3.05) is 13.1 Å². The molecule has 1 aromatic rings. The Kier molecular flexibility index (Phi) is 5.82. The van der Waals surface area contributed by atoms with Crippen molar-refractivity contribution >= 4 is 6.09 Å². The number of amides is 1. The second kappa shape index (κ2) is 7.64. The Balaban J connectivity index is 1.73. The van der Waals surface area contributed by atoms with E-state index in [1.807, 2.05) is 25.7 Å². The highest BCUT2D eigenvalue weighted by molar-refractivity contribution is 5.68. The Morgan fingerprint density at radius 2 is 2.26 bits per heavy atom.